The first-order chi connectivity index (χ1) is 15.2. The third-order valence-electron chi connectivity index (χ3n) is 5.66. The van der Waals surface area contributed by atoms with Gasteiger partial charge in [0.15, 0.2) is 5.54 Å². The molecule has 0 amide bonds. The number of pyridine rings is 1. The van der Waals surface area contributed by atoms with Crippen LogP contribution in [0.15, 0.2) is 35.5 Å². The van der Waals surface area contributed by atoms with Gasteiger partial charge in [0.25, 0.3) is 6.02 Å². The molecule has 0 saturated carbocycles. The Hall–Kier alpha value is -3.24. The number of fused-ring (bicyclic) bond motifs is 4. The van der Waals surface area contributed by atoms with Crippen molar-refractivity contribution in [2.24, 2.45) is 21.6 Å². The van der Waals surface area contributed by atoms with Gasteiger partial charge in [-0.3, -0.25) is 0 Å². The fraction of sp³-hybridized carbons (Fsp3) is 0.440. The molecular weight excluding hydrogens is 406 g/mol. The zero-order chi connectivity index (χ0) is 22.6. The van der Waals surface area contributed by atoms with Crippen LogP contribution in [0.4, 0.5) is 0 Å². The third kappa shape index (κ3) is 3.65. The smallest absolute Gasteiger partial charge is 0.283 e. The molecule has 0 unspecified atom stereocenters. The summed E-state index contributed by atoms with van der Waals surface area (Å²) in [5.41, 5.74) is 7.53. The van der Waals surface area contributed by atoms with Crippen molar-refractivity contribution >= 4 is 6.02 Å². The van der Waals surface area contributed by atoms with E-state index in [4.69, 9.17) is 29.7 Å². The molecule has 7 heteroatoms. The van der Waals surface area contributed by atoms with Crippen LogP contribution in [-0.2, 0) is 15.0 Å². The van der Waals surface area contributed by atoms with Crippen LogP contribution in [0, 0.1) is 22.7 Å². The average molecular weight is 434 g/mol. The first-order valence-corrected chi connectivity index (χ1v) is 10.7. The standard InChI is InChI=1S/C25H27N3O4/c1-23(2,3)12-30-17-10-19-21(27-11-17)32-20-6-5-16(7-8-24(4)13-29-14-24)9-18(20)25(19)15-31-22(26)28-25/h5-6,9-11H,12-15H2,1-4H3,(H2,26,28)/t25-/m0/s1. The van der Waals surface area contributed by atoms with Crippen LogP contribution in [-0.4, -0.2) is 37.4 Å². The molecule has 3 aliphatic heterocycles. The Morgan fingerprint density at radius 3 is 2.62 bits per heavy atom. The minimum absolute atomic E-state index is 0.0193. The van der Waals surface area contributed by atoms with Crippen molar-refractivity contribution in [3.8, 4) is 29.2 Å². The van der Waals surface area contributed by atoms with Gasteiger partial charge in [-0.2, -0.15) is 0 Å². The number of amidine groups is 1. The van der Waals surface area contributed by atoms with Crippen molar-refractivity contribution in [1.29, 1.82) is 0 Å². The van der Waals surface area contributed by atoms with E-state index in [0.29, 0.717) is 37.2 Å². The molecule has 1 fully saturated rings. The zero-order valence-electron chi connectivity index (χ0n) is 18.8. The molecule has 0 bridgehead atoms. The second-order valence-corrected chi connectivity index (χ2v) is 10.1. The summed E-state index contributed by atoms with van der Waals surface area (Å²) in [7, 11) is 0. The van der Waals surface area contributed by atoms with Gasteiger partial charge in [-0.25, -0.2) is 9.98 Å². The van der Waals surface area contributed by atoms with E-state index in [-0.39, 0.29) is 23.5 Å². The van der Waals surface area contributed by atoms with Crippen molar-refractivity contribution in [2.45, 2.75) is 33.2 Å². The molecule has 32 heavy (non-hydrogen) atoms. The minimum Gasteiger partial charge on any atom is -0.491 e. The van der Waals surface area contributed by atoms with Crippen LogP contribution in [0.2, 0.25) is 0 Å². The van der Waals surface area contributed by atoms with E-state index in [9.17, 15) is 0 Å². The lowest BCUT2D eigenvalue weighted by Crippen LogP contribution is -2.38. The topological polar surface area (TPSA) is 88.2 Å². The van der Waals surface area contributed by atoms with Crippen molar-refractivity contribution in [3.05, 3.63) is 47.2 Å². The van der Waals surface area contributed by atoms with Crippen LogP contribution in [0.25, 0.3) is 0 Å². The molecule has 2 aromatic rings. The van der Waals surface area contributed by atoms with Crippen LogP contribution in [0.3, 0.4) is 0 Å². The van der Waals surface area contributed by atoms with E-state index in [1.807, 2.05) is 24.3 Å². The van der Waals surface area contributed by atoms with Gasteiger partial charge >= 0.3 is 0 Å². The molecule has 2 N–H and O–H groups in total. The maximum atomic E-state index is 6.13. The summed E-state index contributed by atoms with van der Waals surface area (Å²) < 4.78 is 23.1. The molecule has 1 aromatic heterocycles. The number of nitrogens with zero attached hydrogens (tertiary/aromatic N) is 2. The van der Waals surface area contributed by atoms with Gasteiger partial charge in [0, 0.05) is 11.1 Å². The molecular formula is C25H27N3O4. The Balaban J connectivity index is 1.57. The molecule has 5 rings (SSSR count). The molecule has 0 radical (unpaired) electrons. The van der Waals surface area contributed by atoms with E-state index in [1.54, 1.807) is 6.20 Å². The third-order valence-corrected chi connectivity index (χ3v) is 5.66. The van der Waals surface area contributed by atoms with Gasteiger partial charge in [-0.1, -0.05) is 32.6 Å². The SMILES string of the molecule is CC(C)(C)COc1cnc2c(c1)[C@]1(COC(N)=N1)c1cc(C#CC3(C)COC3)ccc1O2. The van der Waals surface area contributed by atoms with E-state index >= 15 is 0 Å². The maximum absolute atomic E-state index is 6.13. The van der Waals surface area contributed by atoms with Gasteiger partial charge in [-0.15, -0.1) is 0 Å². The maximum Gasteiger partial charge on any atom is 0.283 e. The number of benzene rings is 1. The first-order valence-electron chi connectivity index (χ1n) is 10.7. The van der Waals surface area contributed by atoms with E-state index in [0.717, 1.165) is 16.7 Å². The monoisotopic (exact) mass is 433 g/mol. The largest absolute Gasteiger partial charge is 0.491 e. The summed E-state index contributed by atoms with van der Waals surface area (Å²) >= 11 is 0. The Bertz CT molecular complexity index is 1170. The predicted molar refractivity (Wildman–Crippen MR) is 120 cm³/mol. The predicted octanol–water partition coefficient (Wildman–Crippen LogP) is 3.59. The highest BCUT2D eigenvalue weighted by atomic mass is 16.5. The van der Waals surface area contributed by atoms with Gasteiger partial charge < -0.3 is 24.7 Å². The molecule has 1 spiro atoms. The molecule has 1 saturated heterocycles. The van der Waals surface area contributed by atoms with Crippen molar-refractivity contribution in [1.82, 2.24) is 4.98 Å². The number of nitrogens with two attached hydrogens (primary N) is 1. The number of rotatable bonds is 2. The number of hydrogen-bond donors (Lipinski definition) is 1. The summed E-state index contributed by atoms with van der Waals surface area (Å²) in [6, 6.07) is 7.91. The lowest BCUT2D eigenvalue weighted by molar-refractivity contribution is -0.0648. The molecule has 1 atom stereocenters. The highest BCUT2D eigenvalue weighted by Crippen LogP contribution is 2.51. The van der Waals surface area contributed by atoms with Gasteiger partial charge in [0.05, 0.1) is 37.0 Å². The number of hydrogen-bond acceptors (Lipinski definition) is 7. The van der Waals surface area contributed by atoms with Crippen molar-refractivity contribution in [2.75, 3.05) is 26.4 Å². The van der Waals surface area contributed by atoms with Gasteiger partial charge in [0.1, 0.15) is 18.1 Å². The highest BCUT2D eigenvalue weighted by molar-refractivity contribution is 5.76. The van der Waals surface area contributed by atoms with Crippen LogP contribution in [0.5, 0.6) is 17.4 Å². The van der Waals surface area contributed by atoms with Crippen LogP contribution >= 0.6 is 0 Å². The van der Waals surface area contributed by atoms with Crippen molar-refractivity contribution in [3.63, 3.8) is 0 Å². The van der Waals surface area contributed by atoms with Crippen molar-refractivity contribution < 1.29 is 18.9 Å². The highest BCUT2D eigenvalue weighted by Gasteiger charge is 2.48. The zero-order valence-corrected chi connectivity index (χ0v) is 18.8. The second kappa shape index (κ2) is 7.14. The Morgan fingerprint density at radius 2 is 1.97 bits per heavy atom. The van der Waals surface area contributed by atoms with E-state index in [1.165, 1.54) is 0 Å². The van der Waals surface area contributed by atoms with Crippen LogP contribution < -0.4 is 15.2 Å². The number of ether oxygens (including phenoxy) is 4. The summed E-state index contributed by atoms with van der Waals surface area (Å²) in [5.74, 6) is 8.40. The van der Waals surface area contributed by atoms with Crippen LogP contribution in [0.1, 0.15) is 44.4 Å². The lowest BCUT2D eigenvalue weighted by atomic mass is 9.81. The average Bonchev–Trinajstić information content (AvgIpc) is 3.12. The normalized spacial score (nSPS) is 22.3. The van der Waals surface area contributed by atoms with Gasteiger partial charge in [0.2, 0.25) is 5.88 Å². The summed E-state index contributed by atoms with van der Waals surface area (Å²) in [6.45, 7) is 10.6. The molecule has 3 aliphatic rings. The molecule has 4 heterocycles. The Labute approximate surface area is 187 Å². The summed E-state index contributed by atoms with van der Waals surface area (Å²) in [6.07, 6.45) is 1.67. The van der Waals surface area contributed by atoms with E-state index < -0.39 is 5.54 Å². The lowest BCUT2D eigenvalue weighted by Gasteiger charge is -2.33. The molecule has 7 nitrogen and oxygen atoms in total. The number of aromatic nitrogens is 1. The minimum atomic E-state index is -0.859. The molecule has 0 aliphatic carbocycles. The fourth-order valence-corrected chi connectivity index (χ4v) is 3.87. The second-order valence-electron chi connectivity index (χ2n) is 10.1. The van der Waals surface area contributed by atoms with E-state index in [2.05, 4.69) is 44.5 Å². The Morgan fingerprint density at radius 1 is 1.16 bits per heavy atom. The molecule has 166 valence electrons. The summed E-state index contributed by atoms with van der Waals surface area (Å²) in [4.78, 5) is 9.24. The molecule has 1 aromatic carbocycles. The quantitative estimate of drug-likeness (QED) is 0.729. The first kappa shape index (κ1) is 20.7. The number of aliphatic imine (C=N–C) groups is 1. The van der Waals surface area contributed by atoms with Gasteiger partial charge in [-0.05, 0) is 36.6 Å². The Kier molecular flexibility index (Phi) is 4.61. The summed E-state index contributed by atoms with van der Waals surface area (Å²) in [5, 5.41) is 0. The fourth-order valence-electron chi connectivity index (χ4n) is 3.87.